The van der Waals surface area contributed by atoms with Gasteiger partial charge in [0, 0.05) is 25.7 Å². The first-order valence-electron chi connectivity index (χ1n) is 9.44. The van der Waals surface area contributed by atoms with Crippen molar-refractivity contribution in [2.24, 2.45) is 0 Å². The zero-order valence-corrected chi connectivity index (χ0v) is 15.3. The predicted octanol–water partition coefficient (Wildman–Crippen LogP) is 5.09. The van der Waals surface area contributed by atoms with Crippen molar-refractivity contribution in [2.45, 2.75) is 32.2 Å². The van der Waals surface area contributed by atoms with Gasteiger partial charge in [-0.15, -0.1) is 0 Å². The van der Waals surface area contributed by atoms with Crippen molar-refractivity contribution < 1.29 is 0 Å². The molecule has 3 aromatic carbocycles. The molecule has 3 aromatic rings. The molecule has 1 saturated heterocycles. The molecule has 0 aromatic heterocycles. The Hall–Kier alpha value is -2.42. The van der Waals surface area contributed by atoms with Gasteiger partial charge in [0.1, 0.15) is 0 Å². The highest BCUT2D eigenvalue weighted by Crippen LogP contribution is 2.35. The summed E-state index contributed by atoms with van der Waals surface area (Å²) < 4.78 is 0. The number of nitrogens with zero attached hydrogens (tertiary/aromatic N) is 2. The van der Waals surface area contributed by atoms with Gasteiger partial charge in [-0.2, -0.15) is 0 Å². The highest BCUT2D eigenvalue weighted by molar-refractivity contribution is 5.23. The van der Waals surface area contributed by atoms with Gasteiger partial charge in [-0.3, -0.25) is 9.80 Å². The fraction of sp³-hybridized carbons (Fsp3) is 0.250. The van der Waals surface area contributed by atoms with Crippen LogP contribution in [0.1, 0.15) is 29.8 Å². The summed E-state index contributed by atoms with van der Waals surface area (Å²) in [5, 5.41) is 0. The van der Waals surface area contributed by atoms with E-state index in [-0.39, 0.29) is 0 Å². The van der Waals surface area contributed by atoms with Crippen LogP contribution in [0.3, 0.4) is 0 Å². The Kier molecular flexibility index (Phi) is 5.14. The molecule has 0 saturated carbocycles. The first-order valence-corrected chi connectivity index (χ1v) is 9.44. The highest BCUT2D eigenvalue weighted by Gasteiger charge is 2.37. The molecule has 2 atom stereocenters. The molecule has 4 rings (SSSR count). The van der Waals surface area contributed by atoms with Crippen LogP contribution in [-0.4, -0.2) is 22.4 Å². The molecule has 2 heteroatoms. The maximum atomic E-state index is 2.63. The Labute approximate surface area is 156 Å². The predicted molar refractivity (Wildman–Crippen MR) is 107 cm³/mol. The first kappa shape index (κ1) is 17.0. The zero-order chi connectivity index (χ0) is 17.8. The summed E-state index contributed by atoms with van der Waals surface area (Å²) in [4.78, 5) is 5.24. The SMILES string of the molecule is CC1CN(Cc2ccccc2)C(c2ccccc2)N1Cc1ccccc1. The summed E-state index contributed by atoms with van der Waals surface area (Å²) in [6, 6.07) is 33.1. The lowest BCUT2D eigenvalue weighted by atomic mass is 10.1. The Balaban J connectivity index is 1.64. The smallest absolute Gasteiger partial charge is 0.0895 e. The summed E-state index contributed by atoms with van der Waals surface area (Å²) in [5.74, 6) is 0. The van der Waals surface area contributed by atoms with E-state index in [4.69, 9.17) is 0 Å². The molecule has 1 fully saturated rings. The van der Waals surface area contributed by atoms with E-state index in [2.05, 4.69) is 108 Å². The third-order valence-corrected chi connectivity index (χ3v) is 5.26. The molecule has 2 unspecified atom stereocenters. The Morgan fingerprint density at radius 3 is 1.77 bits per heavy atom. The molecule has 0 radical (unpaired) electrons. The zero-order valence-electron chi connectivity index (χ0n) is 15.3. The van der Waals surface area contributed by atoms with Crippen molar-refractivity contribution in [3.8, 4) is 0 Å². The minimum atomic E-state index is 0.312. The van der Waals surface area contributed by atoms with Gasteiger partial charge in [0.05, 0.1) is 6.17 Å². The molecule has 0 N–H and O–H groups in total. The summed E-state index contributed by atoms with van der Waals surface area (Å²) in [6.07, 6.45) is 0.312. The van der Waals surface area contributed by atoms with Crippen LogP contribution in [-0.2, 0) is 13.1 Å². The van der Waals surface area contributed by atoms with Crippen LogP contribution in [0, 0.1) is 0 Å². The van der Waals surface area contributed by atoms with E-state index in [1.54, 1.807) is 0 Å². The Morgan fingerprint density at radius 1 is 0.692 bits per heavy atom. The van der Waals surface area contributed by atoms with Gasteiger partial charge in [-0.05, 0) is 23.6 Å². The van der Waals surface area contributed by atoms with Crippen LogP contribution < -0.4 is 0 Å². The highest BCUT2D eigenvalue weighted by atomic mass is 15.4. The maximum absolute atomic E-state index is 2.63. The topological polar surface area (TPSA) is 6.48 Å². The molecule has 0 aliphatic carbocycles. The second-order valence-electron chi connectivity index (χ2n) is 7.21. The van der Waals surface area contributed by atoms with E-state index in [0.29, 0.717) is 12.2 Å². The molecule has 0 bridgehead atoms. The number of hydrogen-bond acceptors (Lipinski definition) is 2. The molecule has 1 aliphatic rings. The van der Waals surface area contributed by atoms with Crippen molar-refractivity contribution in [3.63, 3.8) is 0 Å². The van der Waals surface area contributed by atoms with Crippen LogP contribution in [0.15, 0.2) is 91.0 Å². The average Bonchev–Trinajstić information content (AvgIpc) is 2.99. The monoisotopic (exact) mass is 342 g/mol. The first-order chi connectivity index (χ1) is 12.8. The van der Waals surface area contributed by atoms with Gasteiger partial charge >= 0.3 is 0 Å². The molecule has 132 valence electrons. The summed E-state index contributed by atoms with van der Waals surface area (Å²) in [6.45, 7) is 5.40. The molecule has 1 aliphatic heterocycles. The number of hydrogen-bond donors (Lipinski definition) is 0. The lowest BCUT2D eigenvalue weighted by molar-refractivity contribution is 0.112. The van der Waals surface area contributed by atoms with Crippen LogP contribution in [0.4, 0.5) is 0 Å². The fourth-order valence-electron chi connectivity index (χ4n) is 4.03. The molecular formula is C24H26N2. The van der Waals surface area contributed by atoms with E-state index in [0.717, 1.165) is 19.6 Å². The lowest BCUT2D eigenvalue weighted by Crippen LogP contribution is -2.32. The van der Waals surface area contributed by atoms with Crippen molar-refractivity contribution in [1.29, 1.82) is 0 Å². The quantitative estimate of drug-likeness (QED) is 0.637. The Bertz CT molecular complexity index is 801. The van der Waals surface area contributed by atoms with E-state index in [9.17, 15) is 0 Å². The lowest BCUT2D eigenvalue weighted by Gasteiger charge is -2.32. The normalized spacial score (nSPS) is 21.1. The molecule has 26 heavy (non-hydrogen) atoms. The van der Waals surface area contributed by atoms with Gasteiger partial charge in [0.25, 0.3) is 0 Å². The van der Waals surface area contributed by atoms with E-state index < -0.39 is 0 Å². The van der Waals surface area contributed by atoms with Crippen LogP contribution >= 0.6 is 0 Å². The summed E-state index contributed by atoms with van der Waals surface area (Å²) >= 11 is 0. The van der Waals surface area contributed by atoms with Gasteiger partial charge in [0.2, 0.25) is 0 Å². The largest absolute Gasteiger partial charge is 0.278 e. The van der Waals surface area contributed by atoms with E-state index in [1.807, 2.05) is 0 Å². The van der Waals surface area contributed by atoms with Crippen LogP contribution in [0.2, 0.25) is 0 Å². The van der Waals surface area contributed by atoms with Crippen molar-refractivity contribution in [1.82, 2.24) is 9.80 Å². The third kappa shape index (κ3) is 3.72. The number of benzene rings is 3. The molecule has 0 spiro atoms. The minimum absolute atomic E-state index is 0.312. The molecular weight excluding hydrogens is 316 g/mol. The van der Waals surface area contributed by atoms with Crippen LogP contribution in [0.5, 0.6) is 0 Å². The second-order valence-corrected chi connectivity index (χ2v) is 7.21. The summed E-state index contributed by atoms with van der Waals surface area (Å²) in [7, 11) is 0. The standard InChI is InChI=1S/C24H26N2/c1-20-17-25(18-21-11-5-2-6-12-21)24(23-15-9-4-10-16-23)26(20)19-22-13-7-3-8-14-22/h2-16,20,24H,17-19H2,1H3. The average molecular weight is 342 g/mol. The van der Waals surface area contributed by atoms with Crippen molar-refractivity contribution in [3.05, 3.63) is 108 Å². The van der Waals surface area contributed by atoms with Crippen LogP contribution in [0.25, 0.3) is 0 Å². The molecule has 1 heterocycles. The molecule has 0 amide bonds. The second kappa shape index (κ2) is 7.86. The minimum Gasteiger partial charge on any atom is -0.278 e. The van der Waals surface area contributed by atoms with Crippen molar-refractivity contribution in [2.75, 3.05) is 6.54 Å². The third-order valence-electron chi connectivity index (χ3n) is 5.26. The summed E-state index contributed by atoms with van der Waals surface area (Å²) in [5.41, 5.74) is 4.13. The van der Waals surface area contributed by atoms with Gasteiger partial charge in [-0.25, -0.2) is 0 Å². The van der Waals surface area contributed by atoms with Gasteiger partial charge in [-0.1, -0.05) is 91.0 Å². The Morgan fingerprint density at radius 2 is 1.19 bits per heavy atom. The van der Waals surface area contributed by atoms with Gasteiger partial charge in [0.15, 0.2) is 0 Å². The molecule has 2 nitrogen and oxygen atoms in total. The maximum Gasteiger partial charge on any atom is 0.0895 e. The van der Waals surface area contributed by atoms with Crippen molar-refractivity contribution >= 4 is 0 Å². The van der Waals surface area contributed by atoms with E-state index in [1.165, 1.54) is 16.7 Å². The van der Waals surface area contributed by atoms with E-state index >= 15 is 0 Å². The fourth-order valence-corrected chi connectivity index (χ4v) is 4.03. The number of rotatable bonds is 5. The van der Waals surface area contributed by atoms with Gasteiger partial charge < -0.3 is 0 Å².